The van der Waals surface area contributed by atoms with Crippen LogP contribution in [0.1, 0.15) is 50.5 Å². The van der Waals surface area contributed by atoms with E-state index in [0.717, 1.165) is 22.5 Å². The van der Waals surface area contributed by atoms with Crippen molar-refractivity contribution in [2.45, 2.75) is 55.6 Å². The fraction of sp³-hybridized carbons (Fsp3) is 0.632. The van der Waals surface area contributed by atoms with Gasteiger partial charge in [0.05, 0.1) is 6.07 Å². The van der Waals surface area contributed by atoms with Crippen LogP contribution in [0.5, 0.6) is 0 Å². The zero-order valence-electron chi connectivity index (χ0n) is 15.3. The van der Waals surface area contributed by atoms with Crippen molar-refractivity contribution in [1.82, 2.24) is 4.31 Å². The SMILES string of the molecule is N#CCC1CCC(c2cc(F)ccc2F)(S(=O)(=O)N2CCC(F)(F)CC2)CC1. The first-order valence-electron chi connectivity index (χ1n) is 9.31. The van der Waals surface area contributed by atoms with Crippen LogP contribution >= 0.6 is 0 Å². The van der Waals surface area contributed by atoms with E-state index in [4.69, 9.17) is 5.26 Å². The molecular weight excluding hydrogens is 396 g/mol. The highest BCUT2D eigenvalue weighted by atomic mass is 32.2. The van der Waals surface area contributed by atoms with Gasteiger partial charge in [0.1, 0.15) is 16.4 Å². The molecule has 0 spiro atoms. The normalized spacial score (nSPS) is 28.6. The minimum atomic E-state index is -4.22. The lowest BCUT2D eigenvalue weighted by Crippen LogP contribution is -2.52. The van der Waals surface area contributed by atoms with Crippen LogP contribution in [0.25, 0.3) is 0 Å². The molecule has 154 valence electrons. The molecule has 0 amide bonds. The number of hydrogen-bond donors (Lipinski definition) is 0. The van der Waals surface area contributed by atoms with E-state index in [1.54, 1.807) is 0 Å². The monoisotopic (exact) mass is 418 g/mol. The summed E-state index contributed by atoms with van der Waals surface area (Å²) in [6.45, 7) is -0.703. The summed E-state index contributed by atoms with van der Waals surface area (Å²) in [5, 5.41) is 8.90. The standard InChI is InChI=1S/C19H22F4N2O2S/c20-15-1-2-17(21)16(13-15)18(6-3-14(4-7-18)5-10-24)28(26,27)25-11-8-19(22,23)9-12-25/h1-2,13-14H,3-9,11-12H2. The van der Waals surface area contributed by atoms with E-state index in [2.05, 4.69) is 6.07 Å². The van der Waals surface area contributed by atoms with Gasteiger partial charge < -0.3 is 0 Å². The Balaban J connectivity index is 2.02. The van der Waals surface area contributed by atoms with Gasteiger partial charge in [-0.25, -0.2) is 30.3 Å². The molecule has 0 N–H and O–H groups in total. The van der Waals surface area contributed by atoms with Gasteiger partial charge in [-0.05, 0) is 49.8 Å². The number of piperidine rings is 1. The maximum atomic E-state index is 14.6. The summed E-state index contributed by atoms with van der Waals surface area (Å²) in [5.41, 5.74) is -0.250. The summed E-state index contributed by atoms with van der Waals surface area (Å²) in [4.78, 5) is 0. The predicted octanol–water partition coefficient (Wildman–Crippen LogP) is 4.32. The molecule has 0 atom stereocenters. The zero-order valence-corrected chi connectivity index (χ0v) is 16.1. The molecule has 2 fully saturated rings. The average Bonchev–Trinajstić information content (AvgIpc) is 2.64. The van der Waals surface area contributed by atoms with E-state index < -0.39 is 45.2 Å². The Kier molecular flexibility index (Phi) is 5.74. The van der Waals surface area contributed by atoms with Crippen molar-refractivity contribution in [3.05, 3.63) is 35.4 Å². The van der Waals surface area contributed by atoms with E-state index in [1.165, 1.54) is 0 Å². The van der Waals surface area contributed by atoms with E-state index in [1.807, 2.05) is 0 Å². The molecule has 1 saturated carbocycles. The molecule has 0 bridgehead atoms. The Morgan fingerprint density at radius 2 is 1.71 bits per heavy atom. The van der Waals surface area contributed by atoms with Gasteiger partial charge >= 0.3 is 0 Å². The van der Waals surface area contributed by atoms with Crippen LogP contribution in [0.4, 0.5) is 17.6 Å². The number of benzene rings is 1. The van der Waals surface area contributed by atoms with Crippen molar-refractivity contribution in [1.29, 1.82) is 5.26 Å². The second-order valence-electron chi connectivity index (χ2n) is 7.68. The Morgan fingerprint density at radius 1 is 1.11 bits per heavy atom. The summed E-state index contributed by atoms with van der Waals surface area (Å²) in [7, 11) is -4.22. The third-order valence-electron chi connectivity index (χ3n) is 6.00. The third-order valence-corrected chi connectivity index (χ3v) is 8.66. The summed E-state index contributed by atoms with van der Waals surface area (Å²) in [5.74, 6) is -4.52. The van der Waals surface area contributed by atoms with Gasteiger partial charge in [0, 0.05) is 37.9 Å². The first-order valence-corrected chi connectivity index (χ1v) is 10.8. The summed E-state index contributed by atoms with van der Waals surface area (Å²) in [6.07, 6.45) is -0.142. The number of halogens is 4. The van der Waals surface area contributed by atoms with E-state index in [9.17, 15) is 26.0 Å². The quantitative estimate of drug-likeness (QED) is 0.684. The minimum absolute atomic E-state index is 0.0179. The molecule has 1 aromatic rings. The van der Waals surface area contributed by atoms with E-state index >= 15 is 0 Å². The smallest absolute Gasteiger partial charge is 0.211 e. The van der Waals surface area contributed by atoms with Gasteiger partial charge in [-0.1, -0.05) is 0 Å². The molecule has 9 heteroatoms. The molecule has 1 aromatic carbocycles. The number of alkyl halides is 2. The van der Waals surface area contributed by atoms with E-state index in [-0.39, 0.29) is 43.8 Å². The van der Waals surface area contributed by atoms with Crippen molar-refractivity contribution >= 4 is 10.0 Å². The Labute approximate surface area is 162 Å². The average molecular weight is 418 g/mol. The molecule has 3 rings (SSSR count). The van der Waals surface area contributed by atoms with Crippen LogP contribution in [0.15, 0.2) is 18.2 Å². The summed E-state index contributed by atoms with van der Waals surface area (Å²) in [6, 6.07) is 4.77. The highest BCUT2D eigenvalue weighted by Crippen LogP contribution is 2.49. The van der Waals surface area contributed by atoms with Gasteiger partial charge in [-0.15, -0.1) is 0 Å². The van der Waals surface area contributed by atoms with Crippen LogP contribution in [-0.4, -0.2) is 31.7 Å². The number of nitriles is 1. The lowest BCUT2D eigenvalue weighted by atomic mass is 9.77. The number of nitrogens with zero attached hydrogens (tertiary/aromatic N) is 2. The molecule has 0 unspecified atom stereocenters. The van der Waals surface area contributed by atoms with Gasteiger partial charge in [-0.3, -0.25) is 0 Å². The second-order valence-corrected chi connectivity index (χ2v) is 9.93. The lowest BCUT2D eigenvalue weighted by molar-refractivity contribution is -0.0416. The van der Waals surface area contributed by atoms with Gasteiger partial charge in [-0.2, -0.15) is 5.26 Å². The maximum absolute atomic E-state index is 14.6. The minimum Gasteiger partial charge on any atom is -0.211 e. The first kappa shape index (κ1) is 21.1. The van der Waals surface area contributed by atoms with Crippen molar-refractivity contribution in [3.8, 4) is 6.07 Å². The Morgan fingerprint density at radius 3 is 2.29 bits per heavy atom. The molecule has 4 nitrogen and oxygen atoms in total. The molecule has 0 radical (unpaired) electrons. The summed E-state index contributed by atoms with van der Waals surface area (Å²) < 4.78 is 81.9. The van der Waals surface area contributed by atoms with Crippen molar-refractivity contribution in [3.63, 3.8) is 0 Å². The second kappa shape index (κ2) is 7.64. The number of hydrogen-bond acceptors (Lipinski definition) is 3. The Hall–Kier alpha value is -1.66. The van der Waals surface area contributed by atoms with Crippen molar-refractivity contribution < 1.29 is 26.0 Å². The maximum Gasteiger partial charge on any atom is 0.250 e. The van der Waals surface area contributed by atoms with Crippen LogP contribution in [0, 0.1) is 28.9 Å². The van der Waals surface area contributed by atoms with Crippen LogP contribution < -0.4 is 0 Å². The first-order chi connectivity index (χ1) is 13.1. The number of rotatable bonds is 4. The van der Waals surface area contributed by atoms with Gasteiger partial charge in [0.2, 0.25) is 10.0 Å². The predicted molar refractivity (Wildman–Crippen MR) is 94.9 cm³/mol. The van der Waals surface area contributed by atoms with Crippen molar-refractivity contribution in [2.24, 2.45) is 5.92 Å². The molecule has 1 heterocycles. The number of sulfonamides is 1. The molecule has 28 heavy (non-hydrogen) atoms. The molecular formula is C19H22F4N2O2S. The lowest BCUT2D eigenvalue weighted by Gasteiger charge is -2.44. The summed E-state index contributed by atoms with van der Waals surface area (Å²) >= 11 is 0. The largest absolute Gasteiger partial charge is 0.250 e. The van der Waals surface area contributed by atoms with Crippen LogP contribution in [0.3, 0.4) is 0 Å². The van der Waals surface area contributed by atoms with Gasteiger partial charge in [0.25, 0.3) is 5.92 Å². The fourth-order valence-corrected chi connectivity index (χ4v) is 6.63. The zero-order chi connectivity index (χ0) is 20.6. The molecule has 1 aliphatic carbocycles. The Bertz CT molecular complexity index is 864. The van der Waals surface area contributed by atoms with Gasteiger partial charge in [0.15, 0.2) is 0 Å². The fourth-order valence-electron chi connectivity index (χ4n) is 4.29. The van der Waals surface area contributed by atoms with E-state index in [0.29, 0.717) is 12.8 Å². The topological polar surface area (TPSA) is 61.2 Å². The molecule has 1 saturated heterocycles. The highest BCUT2D eigenvalue weighted by molar-refractivity contribution is 7.90. The van der Waals surface area contributed by atoms with Crippen LogP contribution in [0.2, 0.25) is 0 Å². The van der Waals surface area contributed by atoms with Crippen LogP contribution in [-0.2, 0) is 14.8 Å². The molecule has 0 aromatic heterocycles. The van der Waals surface area contributed by atoms with Crippen molar-refractivity contribution in [2.75, 3.05) is 13.1 Å². The third kappa shape index (κ3) is 3.77. The highest BCUT2D eigenvalue weighted by Gasteiger charge is 2.53. The molecule has 2 aliphatic rings. The molecule has 1 aliphatic heterocycles.